The number of halogens is 3. The highest BCUT2D eigenvalue weighted by atomic mass is 19.4. The molecule has 1 saturated heterocycles. The van der Waals surface area contributed by atoms with E-state index in [9.17, 15) is 27.9 Å². The van der Waals surface area contributed by atoms with E-state index >= 15 is 0 Å². The molecule has 10 heteroatoms. The van der Waals surface area contributed by atoms with Crippen molar-refractivity contribution in [2.45, 2.75) is 12.5 Å². The first-order valence-corrected chi connectivity index (χ1v) is 9.87. The Morgan fingerprint density at radius 3 is 2.52 bits per heavy atom. The number of ether oxygens (including phenoxy) is 1. The fraction of sp³-hybridized carbons (Fsp3) is 0.174. The van der Waals surface area contributed by atoms with Crippen molar-refractivity contribution in [1.82, 2.24) is 4.98 Å². The van der Waals surface area contributed by atoms with Gasteiger partial charge in [0.25, 0.3) is 5.91 Å². The van der Waals surface area contributed by atoms with Crippen LogP contribution in [0.5, 0.6) is 5.75 Å². The Balaban J connectivity index is 1.59. The second-order valence-corrected chi connectivity index (χ2v) is 7.36. The lowest BCUT2D eigenvalue weighted by Crippen LogP contribution is -2.22. The van der Waals surface area contributed by atoms with E-state index in [0.29, 0.717) is 22.4 Å². The number of carbonyl (C=O) groups excluding carboxylic acids is 2. The molecule has 7 nitrogen and oxygen atoms in total. The summed E-state index contributed by atoms with van der Waals surface area (Å²) in [5, 5.41) is 12.5. The largest absolute Gasteiger partial charge is 0.573 e. The lowest BCUT2D eigenvalue weighted by atomic mass is 10.0. The summed E-state index contributed by atoms with van der Waals surface area (Å²) in [4.78, 5) is 30.5. The Labute approximate surface area is 186 Å². The molecule has 1 fully saturated rings. The van der Waals surface area contributed by atoms with Gasteiger partial charge in [-0.3, -0.25) is 14.6 Å². The SMILES string of the molecule is O=C(Nc1ccc(OC(F)(F)F)cc1)c1ccc(N2CC(=O)[C@@H](O)C2)c(-c2cccnc2)c1. The molecule has 1 aliphatic heterocycles. The summed E-state index contributed by atoms with van der Waals surface area (Å²) in [5.74, 6) is -1.16. The van der Waals surface area contributed by atoms with Crippen molar-refractivity contribution < 1.29 is 32.6 Å². The summed E-state index contributed by atoms with van der Waals surface area (Å²) < 4.78 is 40.7. The predicted octanol–water partition coefficient (Wildman–Crippen LogP) is 3.65. The first kappa shape index (κ1) is 22.3. The zero-order chi connectivity index (χ0) is 23.6. The Morgan fingerprint density at radius 2 is 1.91 bits per heavy atom. The summed E-state index contributed by atoms with van der Waals surface area (Å²) >= 11 is 0. The molecule has 2 heterocycles. The molecule has 0 aliphatic carbocycles. The van der Waals surface area contributed by atoms with Crippen LogP contribution < -0.4 is 15.0 Å². The molecule has 2 N–H and O–H groups in total. The van der Waals surface area contributed by atoms with Crippen LogP contribution in [0.1, 0.15) is 10.4 Å². The van der Waals surface area contributed by atoms with Crippen molar-refractivity contribution in [2.75, 3.05) is 23.3 Å². The normalized spacial score (nSPS) is 16.1. The first-order chi connectivity index (χ1) is 15.7. The average Bonchev–Trinajstić information content (AvgIpc) is 3.12. The van der Waals surface area contributed by atoms with Crippen molar-refractivity contribution in [1.29, 1.82) is 0 Å². The smallest absolute Gasteiger partial charge is 0.406 e. The molecule has 0 unspecified atom stereocenters. The van der Waals surface area contributed by atoms with E-state index in [0.717, 1.165) is 12.1 Å². The van der Waals surface area contributed by atoms with Gasteiger partial charge in [0.05, 0.1) is 13.1 Å². The highest BCUT2D eigenvalue weighted by molar-refractivity contribution is 6.06. The molecule has 0 radical (unpaired) electrons. The second kappa shape index (κ2) is 8.91. The number of amides is 1. The summed E-state index contributed by atoms with van der Waals surface area (Å²) in [7, 11) is 0. The second-order valence-electron chi connectivity index (χ2n) is 7.36. The number of aliphatic hydroxyl groups excluding tert-OH is 1. The summed E-state index contributed by atoms with van der Waals surface area (Å²) in [6.45, 7) is 0.191. The number of benzene rings is 2. The van der Waals surface area contributed by atoms with Gasteiger partial charge in [-0.05, 0) is 48.5 Å². The van der Waals surface area contributed by atoms with Gasteiger partial charge in [0.15, 0.2) is 5.78 Å². The van der Waals surface area contributed by atoms with E-state index < -0.39 is 24.1 Å². The number of carbonyl (C=O) groups is 2. The Morgan fingerprint density at radius 1 is 1.15 bits per heavy atom. The van der Waals surface area contributed by atoms with Crippen LogP contribution in [0, 0.1) is 0 Å². The molecule has 33 heavy (non-hydrogen) atoms. The van der Waals surface area contributed by atoms with Gasteiger partial charge in [0.1, 0.15) is 11.9 Å². The van der Waals surface area contributed by atoms with Crippen molar-refractivity contribution in [2.24, 2.45) is 0 Å². The third-order valence-corrected chi connectivity index (χ3v) is 5.03. The van der Waals surface area contributed by atoms with Gasteiger partial charge >= 0.3 is 6.36 Å². The molecular weight excluding hydrogens is 439 g/mol. The molecule has 3 aromatic rings. The van der Waals surface area contributed by atoms with E-state index in [2.05, 4.69) is 15.0 Å². The predicted molar refractivity (Wildman–Crippen MR) is 114 cm³/mol. The lowest BCUT2D eigenvalue weighted by Gasteiger charge is -2.21. The molecular formula is C23H18F3N3O4. The van der Waals surface area contributed by atoms with Gasteiger partial charge in [0, 0.05) is 40.5 Å². The van der Waals surface area contributed by atoms with Crippen LogP contribution in [0.3, 0.4) is 0 Å². The van der Waals surface area contributed by atoms with Crippen molar-refractivity contribution >= 4 is 23.1 Å². The number of Topliss-reactive ketones (excluding diaryl/α,β-unsaturated/α-hetero) is 1. The van der Waals surface area contributed by atoms with Gasteiger partial charge in [0.2, 0.25) is 0 Å². The Hall–Kier alpha value is -3.92. The number of alkyl halides is 3. The zero-order valence-electron chi connectivity index (χ0n) is 17.0. The highest BCUT2D eigenvalue weighted by Gasteiger charge is 2.31. The number of ketones is 1. The number of hydrogen-bond donors (Lipinski definition) is 2. The highest BCUT2D eigenvalue weighted by Crippen LogP contribution is 2.33. The summed E-state index contributed by atoms with van der Waals surface area (Å²) in [5.41, 5.74) is 2.60. The molecule has 0 saturated carbocycles. The maximum Gasteiger partial charge on any atom is 0.573 e. The molecule has 0 spiro atoms. The molecule has 1 atom stereocenters. The van der Waals surface area contributed by atoms with E-state index in [4.69, 9.17) is 0 Å². The quantitative estimate of drug-likeness (QED) is 0.608. The van der Waals surface area contributed by atoms with Crippen molar-refractivity contribution in [3.05, 3.63) is 72.6 Å². The molecule has 2 aromatic carbocycles. The topological polar surface area (TPSA) is 91.8 Å². The van der Waals surface area contributed by atoms with Crippen LogP contribution >= 0.6 is 0 Å². The Kier molecular flexibility index (Phi) is 6.01. The number of nitrogens with one attached hydrogen (secondary N) is 1. The minimum absolute atomic E-state index is 0.0479. The maximum absolute atomic E-state index is 12.8. The minimum Gasteiger partial charge on any atom is -0.406 e. The van der Waals surface area contributed by atoms with Crippen LogP contribution in [0.2, 0.25) is 0 Å². The van der Waals surface area contributed by atoms with Gasteiger partial charge in [-0.15, -0.1) is 13.2 Å². The summed E-state index contributed by atoms with van der Waals surface area (Å²) in [6, 6.07) is 13.2. The van der Waals surface area contributed by atoms with Gasteiger partial charge in [-0.1, -0.05) is 6.07 Å². The van der Waals surface area contributed by atoms with E-state index in [1.54, 1.807) is 47.6 Å². The molecule has 170 valence electrons. The van der Waals surface area contributed by atoms with E-state index in [1.807, 2.05) is 0 Å². The van der Waals surface area contributed by atoms with Crippen LogP contribution in [-0.4, -0.2) is 47.3 Å². The van der Waals surface area contributed by atoms with Gasteiger partial charge in [-0.25, -0.2) is 0 Å². The Bertz CT molecular complexity index is 1170. The zero-order valence-corrected chi connectivity index (χ0v) is 17.0. The number of aliphatic hydroxyl groups is 1. The third-order valence-electron chi connectivity index (χ3n) is 5.03. The van der Waals surface area contributed by atoms with Gasteiger partial charge < -0.3 is 20.1 Å². The fourth-order valence-electron chi connectivity index (χ4n) is 3.50. The number of β-amino-alcohol motifs (C(OH)–C–C–N with tert-alkyl or cyclic N) is 1. The number of anilines is 2. The number of hydrogen-bond acceptors (Lipinski definition) is 6. The number of rotatable bonds is 5. The lowest BCUT2D eigenvalue weighted by molar-refractivity contribution is -0.274. The van der Waals surface area contributed by atoms with Gasteiger partial charge in [-0.2, -0.15) is 0 Å². The maximum atomic E-state index is 12.8. The number of aromatic nitrogens is 1. The van der Waals surface area contributed by atoms with E-state index in [-0.39, 0.29) is 24.6 Å². The van der Waals surface area contributed by atoms with Crippen molar-refractivity contribution in [3.63, 3.8) is 0 Å². The van der Waals surface area contributed by atoms with Crippen LogP contribution in [0.15, 0.2) is 67.0 Å². The minimum atomic E-state index is -4.80. The molecule has 0 bridgehead atoms. The fourth-order valence-corrected chi connectivity index (χ4v) is 3.50. The van der Waals surface area contributed by atoms with Crippen LogP contribution in [0.25, 0.3) is 11.1 Å². The standard InChI is InChI=1S/C23H18F3N3O4/c24-23(25,26)33-17-6-4-16(5-7-17)28-22(32)14-3-8-19(29-12-20(30)21(31)13-29)18(10-14)15-2-1-9-27-11-15/h1-11,20,30H,12-13H2,(H,28,32)/t20-/m0/s1. The summed E-state index contributed by atoms with van der Waals surface area (Å²) in [6.07, 6.45) is -2.65. The average molecular weight is 457 g/mol. The third kappa shape index (κ3) is 5.29. The molecule has 1 aromatic heterocycles. The number of nitrogens with zero attached hydrogens (tertiary/aromatic N) is 2. The first-order valence-electron chi connectivity index (χ1n) is 9.87. The monoisotopic (exact) mass is 457 g/mol. The van der Waals surface area contributed by atoms with Crippen LogP contribution in [0.4, 0.5) is 24.5 Å². The number of pyridine rings is 1. The molecule has 4 rings (SSSR count). The molecule has 1 aliphatic rings. The van der Waals surface area contributed by atoms with Crippen LogP contribution in [-0.2, 0) is 4.79 Å². The molecule has 1 amide bonds. The van der Waals surface area contributed by atoms with Crippen molar-refractivity contribution in [3.8, 4) is 16.9 Å². The van der Waals surface area contributed by atoms with E-state index in [1.165, 1.54) is 12.1 Å².